The van der Waals surface area contributed by atoms with Gasteiger partial charge in [0.25, 0.3) is 11.8 Å². The number of nitrogens with one attached hydrogen (secondary N) is 1. The van der Waals surface area contributed by atoms with Crippen molar-refractivity contribution in [3.8, 4) is 0 Å². The summed E-state index contributed by atoms with van der Waals surface area (Å²) in [5.41, 5.74) is -0.856. The van der Waals surface area contributed by atoms with Crippen LogP contribution in [0.1, 0.15) is 34.3 Å². The summed E-state index contributed by atoms with van der Waals surface area (Å²) < 4.78 is 63.6. The van der Waals surface area contributed by atoms with E-state index in [1.165, 1.54) is 19.1 Å². The Labute approximate surface area is 200 Å². The lowest BCUT2D eigenvalue weighted by atomic mass is 9.99. The molecule has 0 atom stereocenters. The lowest BCUT2D eigenvalue weighted by molar-refractivity contribution is -0.161. The number of likely N-dealkylation sites (tertiary alicyclic amines) is 1. The molecular formula is C25H27F4N3O3. The molecule has 0 aromatic heterocycles. The van der Waals surface area contributed by atoms with Gasteiger partial charge < -0.3 is 15.0 Å². The predicted molar refractivity (Wildman–Crippen MR) is 121 cm³/mol. The van der Waals surface area contributed by atoms with Gasteiger partial charge in [-0.2, -0.15) is 8.78 Å². The van der Waals surface area contributed by atoms with Crippen LogP contribution in [0.15, 0.2) is 36.4 Å². The van der Waals surface area contributed by atoms with Gasteiger partial charge >= 0.3 is 5.92 Å². The SMILES string of the molecule is Cc1cc(NC(=O)c2ccc(F)c(C(F)(F)C(=O)N3CCC(N4CCOCC4)CC3)c2)ccc1F. The highest BCUT2D eigenvalue weighted by Gasteiger charge is 2.47. The topological polar surface area (TPSA) is 61.9 Å². The Bertz CT molecular complexity index is 1100. The molecule has 2 aliphatic heterocycles. The van der Waals surface area contributed by atoms with Crippen molar-refractivity contribution in [1.29, 1.82) is 0 Å². The van der Waals surface area contributed by atoms with E-state index < -0.39 is 34.9 Å². The minimum atomic E-state index is -4.14. The number of benzene rings is 2. The third kappa shape index (κ3) is 5.48. The molecule has 0 bridgehead atoms. The monoisotopic (exact) mass is 493 g/mol. The van der Waals surface area contributed by atoms with Crippen LogP contribution in [0.5, 0.6) is 0 Å². The molecule has 2 aromatic rings. The van der Waals surface area contributed by atoms with Crippen LogP contribution < -0.4 is 5.32 Å². The zero-order valence-electron chi connectivity index (χ0n) is 19.3. The number of rotatable bonds is 5. The van der Waals surface area contributed by atoms with Crippen molar-refractivity contribution in [1.82, 2.24) is 9.80 Å². The van der Waals surface area contributed by atoms with Crippen molar-refractivity contribution in [2.24, 2.45) is 0 Å². The minimum Gasteiger partial charge on any atom is -0.379 e. The highest BCUT2D eigenvalue weighted by molar-refractivity contribution is 6.04. The van der Waals surface area contributed by atoms with Gasteiger partial charge in [0.05, 0.1) is 18.8 Å². The summed E-state index contributed by atoms with van der Waals surface area (Å²) in [4.78, 5) is 28.6. The molecule has 2 heterocycles. The largest absolute Gasteiger partial charge is 0.379 e. The summed E-state index contributed by atoms with van der Waals surface area (Å²) in [6, 6.07) is 6.55. The molecule has 35 heavy (non-hydrogen) atoms. The molecule has 6 nitrogen and oxygen atoms in total. The van der Waals surface area contributed by atoms with Crippen LogP contribution in [0, 0.1) is 18.6 Å². The maximum Gasteiger partial charge on any atom is 0.352 e. The lowest BCUT2D eigenvalue weighted by Gasteiger charge is -2.40. The van der Waals surface area contributed by atoms with E-state index in [1.54, 1.807) is 0 Å². The first kappa shape index (κ1) is 25.1. The van der Waals surface area contributed by atoms with Gasteiger partial charge in [-0.05, 0) is 61.7 Å². The van der Waals surface area contributed by atoms with Gasteiger partial charge in [0.15, 0.2) is 0 Å². The third-order valence-corrected chi connectivity index (χ3v) is 6.56. The molecule has 0 aliphatic carbocycles. The van der Waals surface area contributed by atoms with E-state index in [9.17, 15) is 18.4 Å². The van der Waals surface area contributed by atoms with Crippen LogP contribution in [0.25, 0.3) is 0 Å². The fourth-order valence-electron chi connectivity index (χ4n) is 4.52. The van der Waals surface area contributed by atoms with Crippen LogP contribution >= 0.6 is 0 Å². The minimum absolute atomic E-state index is 0.141. The maximum atomic E-state index is 15.2. The molecular weight excluding hydrogens is 466 g/mol. The number of hydrogen-bond acceptors (Lipinski definition) is 4. The van der Waals surface area contributed by atoms with E-state index in [1.807, 2.05) is 0 Å². The highest BCUT2D eigenvalue weighted by atomic mass is 19.3. The summed E-state index contributed by atoms with van der Waals surface area (Å²) in [6.07, 6.45) is 1.09. The van der Waals surface area contributed by atoms with Crippen molar-refractivity contribution >= 4 is 17.5 Å². The number of alkyl halides is 2. The average molecular weight is 494 g/mol. The third-order valence-electron chi connectivity index (χ3n) is 6.56. The van der Waals surface area contributed by atoms with Crippen molar-refractivity contribution in [2.45, 2.75) is 31.7 Å². The van der Waals surface area contributed by atoms with Crippen LogP contribution in [-0.4, -0.2) is 67.0 Å². The molecule has 10 heteroatoms. The number of piperidine rings is 1. The van der Waals surface area contributed by atoms with Gasteiger partial charge in [-0.25, -0.2) is 8.78 Å². The lowest BCUT2D eigenvalue weighted by Crippen LogP contribution is -2.52. The summed E-state index contributed by atoms with van der Waals surface area (Å²) in [7, 11) is 0. The molecule has 0 spiro atoms. The van der Waals surface area contributed by atoms with E-state index in [-0.39, 0.29) is 35.9 Å². The van der Waals surface area contributed by atoms with Gasteiger partial charge in [-0.15, -0.1) is 0 Å². The second kappa shape index (κ2) is 10.3. The number of halogens is 4. The normalized spacial score (nSPS) is 17.9. The van der Waals surface area contributed by atoms with Crippen molar-refractivity contribution in [3.05, 3.63) is 64.7 Å². The second-order valence-electron chi connectivity index (χ2n) is 8.86. The number of aryl methyl sites for hydroxylation is 1. The van der Waals surface area contributed by atoms with Crippen molar-refractivity contribution < 1.29 is 31.9 Å². The molecule has 0 saturated carbocycles. The molecule has 4 rings (SSSR count). The first-order valence-corrected chi connectivity index (χ1v) is 11.5. The average Bonchev–Trinajstić information content (AvgIpc) is 2.86. The molecule has 0 radical (unpaired) electrons. The molecule has 1 N–H and O–H groups in total. The van der Waals surface area contributed by atoms with Crippen LogP contribution in [0.2, 0.25) is 0 Å². The Balaban J connectivity index is 1.46. The Morgan fingerprint density at radius 3 is 2.29 bits per heavy atom. The first-order valence-electron chi connectivity index (χ1n) is 11.5. The Morgan fingerprint density at radius 1 is 0.971 bits per heavy atom. The van der Waals surface area contributed by atoms with E-state index in [0.29, 0.717) is 32.1 Å². The molecule has 188 valence electrons. The fourth-order valence-corrected chi connectivity index (χ4v) is 4.52. The number of amides is 2. The number of carbonyl (C=O) groups is 2. The van der Waals surface area contributed by atoms with Gasteiger partial charge in [0, 0.05) is 43.5 Å². The van der Waals surface area contributed by atoms with E-state index in [0.717, 1.165) is 36.2 Å². The van der Waals surface area contributed by atoms with Gasteiger partial charge in [0.2, 0.25) is 0 Å². The van der Waals surface area contributed by atoms with E-state index in [4.69, 9.17) is 4.74 Å². The highest BCUT2D eigenvalue weighted by Crippen LogP contribution is 2.34. The van der Waals surface area contributed by atoms with Crippen molar-refractivity contribution in [3.63, 3.8) is 0 Å². The van der Waals surface area contributed by atoms with Gasteiger partial charge in [0.1, 0.15) is 11.6 Å². The Kier molecular flexibility index (Phi) is 7.42. The second-order valence-corrected chi connectivity index (χ2v) is 8.86. The number of hydrogen-bond donors (Lipinski definition) is 1. The predicted octanol–water partition coefficient (Wildman–Crippen LogP) is 3.94. The quantitative estimate of drug-likeness (QED) is 0.641. The molecule has 2 amide bonds. The zero-order valence-corrected chi connectivity index (χ0v) is 19.3. The van der Waals surface area contributed by atoms with Crippen LogP contribution in [0.3, 0.4) is 0 Å². The number of carbonyl (C=O) groups excluding carboxylic acids is 2. The fraction of sp³-hybridized carbons (Fsp3) is 0.440. The summed E-state index contributed by atoms with van der Waals surface area (Å²) in [6.45, 7) is 4.59. The zero-order chi connectivity index (χ0) is 25.2. The summed E-state index contributed by atoms with van der Waals surface area (Å²) in [5, 5.41) is 2.47. The van der Waals surface area contributed by atoms with E-state index in [2.05, 4.69) is 10.2 Å². The summed E-state index contributed by atoms with van der Waals surface area (Å²) in [5.74, 6) is -8.14. The Morgan fingerprint density at radius 2 is 1.63 bits per heavy atom. The molecule has 2 aliphatic rings. The molecule has 2 fully saturated rings. The molecule has 2 aromatic carbocycles. The van der Waals surface area contributed by atoms with Gasteiger partial charge in [-0.3, -0.25) is 14.5 Å². The molecule has 2 saturated heterocycles. The number of morpholine rings is 1. The first-order chi connectivity index (χ1) is 16.7. The van der Waals surface area contributed by atoms with E-state index >= 15 is 8.78 Å². The smallest absolute Gasteiger partial charge is 0.352 e. The van der Waals surface area contributed by atoms with Crippen LogP contribution in [-0.2, 0) is 15.5 Å². The standard InChI is InChI=1S/C25H27F4N3O3/c1-16-14-18(3-5-21(16)26)30-23(33)17-2-4-22(27)20(15-17)25(28,29)24(34)32-8-6-19(7-9-32)31-10-12-35-13-11-31/h2-5,14-15,19H,6-13H2,1H3,(H,30,33). The molecule has 0 unspecified atom stereocenters. The number of ether oxygens (including phenoxy) is 1. The number of nitrogens with zero attached hydrogens (tertiary/aromatic N) is 2. The van der Waals surface area contributed by atoms with Crippen molar-refractivity contribution in [2.75, 3.05) is 44.7 Å². The Hall–Kier alpha value is -2.98. The maximum absolute atomic E-state index is 15.2. The summed E-state index contributed by atoms with van der Waals surface area (Å²) >= 11 is 0. The van der Waals surface area contributed by atoms with Crippen LogP contribution in [0.4, 0.5) is 23.2 Å². The van der Waals surface area contributed by atoms with Gasteiger partial charge in [-0.1, -0.05) is 0 Å². The number of anilines is 1.